The van der Waals surface area contributed by atoms with Crippen LogP contribution in [0.15, 0.2) is 29.6 Å². The summed E-state index contributed by atoms with van der Waals surface area (Å²) in [6.45, 7) is 2.70. The third-order valence-corrected chi connectivity index (χ3v) is 3.96. The average Bonchev–Trinajstić information content (AvgIpc) is 2.92. The van der Waals surface area contributed by atoms with Crippen molar-refractivity contribution >= 4 is 50.6 Å². The van der Waals surface area contributed by atoms with E-state index < -0.39 is 5.82 Å². The molecule has 0 radical (unpaired) electrons. The summed E-state index contributed by atoms with van der Waals surface area (Å²) >= 11 is 7.22. The summed E-state index contributed by atoms with van der Waals surface area (Å²) in [4.78, 5) is 9.72. The minimum atomic E-state index is -0.468. The molecule has 0 aliphatic rings. The lowest BCUT2D eigenvalue weighted by Crippen LogP contribution is -2.04. The second-order valence-corrected chi connectivity index (χ2v) is 5.62. The fraction of sp³-hybridized carbons (Fsp3) is 0.143. The maximum Gasteiger partial charge on any atom is 0.226 e. The lowest BCUT2D eigenvalue weighted by molar-refractivity contribution is 0.629. The van der Waals surface area contributed by atoms with Gasteiger partial charge in [0.05, 0.1) is 10.4 Å². The van der Waals surface area contributed by atoms with E-state index in [9.17, 15) is 4.39 Å². The van der Waals surface area contributed by atoms with Crippen LogP contribution in [0, 0.1) is 5.82 Å². The van der Waals surface area contributed by atoms with Crippen molar-refractivity contribution in [3.63, 3.8) is 0 Å². The minimum Gasteiger partial charge on any atom is -0.354 e. The molecule has 3 aromatic rings. The highest BCUT2D eigenvalue weighted by molar-refractivity contribution is 7.16. The number of fused-ring (bicyclic) bond motifs is 1. The Morgan fingerprint density at radius 1 is 1.29 bits per heavy atom. The topological polar surface area (TPSA) is 49.8 Å². The molecule has 2 N–H and O–H groups in total. The van der Waals surface area contributed by atoms with E-state index in [2.05, 4.69) is 20.6 Å². The number of aromatic nitrogens is 2. The first-order chi connectivity index (χ1) is 10.2. The molecule has 0 aliphatic carbocycles. The number of rotatable bonds is 4. The van der Waals surface area contributed by atoms with Crippen LogP contribution in [0.4, 0.5) is 21.8 Å². The van der Waals surface area contributed by atoms with Gasteiger partial charge in [0, 0.05) is 12.2 Å². The van der Waals surface area contributed by atoms with Gasteiger partial charge in [-0.05, 0) is 36.6 Å². The highest BCUT2D eigenvalue weighted by Crippen LogP contribution is 2.29. The summed E-state index contributed by atoms with van der Waals surface area (Å²) in [6.07, 6.45) is 0. The number of hydrogen-bond acceptors (Lipinski definition) is 5. The van der Waals surface area contributed by atoms with Gasteiger partial charge in [-0.15, -0.1) is 11.3 Å². The molecular weight excluding hydrogens is 311 g/mol. The van der Waals surface area contributed by atoms with Gasteiger partial charge in [-0.1, -0.05) is 11.6 Å². The van der Waals surface area contributed by atoms with Gasteiger partial charge in [-0.2, -0.15) is 4.98 Å². The average molecular weight is 323 g/mol. The van der Waals surface area contributed by atoms with Gasteiger partial charge in [0.15, 0.2) is 0 Å². The first-order valence-electron chi connectivity index (χ1n) is 6.38. The summed E-state index contributed by atoms with van der Waals surface area (Å²) in [5.74, 6) is 0.715. The Labute approximate surface area is 130 Å². The Hall–Kier alpha value is -1.92. The van der Waals surface area contributed by atoms with Gasteiger partial charge in [-0.25, -0.2) is 9.37 Å². The van der Waals surface area contributed by atoms with Crippen LogP contribution in [0.1, 0.15) is 6.92 Å². The number of hydrogen-bond donors (Lipinski definition) is 2. The summed E-state index contributed by atoms with van der Waals surface area (Å²) in [5.41, 5.74) is 0.588. The van der Waals surface area contributed by atoms with E-state index in [-0.39, 0.29) is 5.02 Å². The van der Waals surface area contributed by atoms with Gasteiger partial charge < -0.3 is 10.6 Å². The highest BCUT2D eigenvalue weighted by atomic mass is 35.5. The van der Waals surface area contributed by atoms with E-state index in [1.54, 1.807) is 6.07 Å². The Bertz CT molecular complexity index is 790. The summed E-state index contributed by atoms with van der Waals surface area (Å²) < 4.78 is 13.5. The fourth-order valence-electron chi connectivity index (χ4n) is 1.90. The highest BCUT2D eigenvalue weighted by Gasteiger charge is 2.10. The number of halogens is 2. The van der Waals surface area contributed by atoms with Crippen molar-refractivity contribution in [2.75, 3.05) is 17.2 Å². The van der Waals surface area contributed by atoms with Crippen molar-refractivity contribution in [2.24, 2.45) is 0 Å². The van der Waals surface area contributed by atoms with Gasteiger partial charge in [0.25, 0.3) is 0 Å². The first kappa shape index (κ1) is 14.0. The lowest BCUT2D eigenvalue weighted by atomic mass is 10.3. The molecule has 0 aliphatic heterocycles. The zero-order valence-electron chi connectivity index (χ0n) is 11.2. The van der Waals surface area contributed by atoms with Crippen molar-refractivity contribution in [3.8, 4) is 0 Å². The van der Waals surface area contributed by atoms with Crippen LogP contribution in [-0.2, 0) is 0 Å². The Balaban J connectivity index is 2.01. The Kier molecular flexibility index (Phi) is 3.90. The van der Waals surface area contributed by atoms with Crippen LogP contribution in [0.3, 0.4) is 0 Å². The maximum absolute atomic E-state index is 13.5. The largest absolute Gasteiger partial charge is 0.354 e. The first-order valence-corrected chi connectivity index (χ1v) is 7.64. The van der Waals surface area contributed by atoms with Crippen LogP contribution in [0.5, 0.6) is 0 Å². The van der Waals surface area contributed by atoms with Crippen LogP contribution in [-0.4, -0.2) is 16.5 Å². The standard InChI is InChI=1S/C14H12ClFN4S/c1-2-17-14-19-12(9-5-6-21-13(9)20-14)18-8-3-4-10(15)11(16)7-8/h3-7H,2H2,1H3,(H2,17,18,19,20). The van der Waals surface area contributed by atoms with E-state index in [4.69, 9.17) is 11.6 Å². The van der Waals surface area contributed by atoms with E-state index >= 15 is 0 Å². The Morgan fingerprint density at radius 3 is 2.90 bits per heavy atom. The van der Waals surface area contributed by atoms with Crippen LogP contribution in [0.25, 0.3) is 10.2 Å². The Morgan fingerprint density at radius 2 is 2.14 bits per heavy atom. The normalized spacial score (nSPS) is 10.8. The maximum atomic E-state index is 13.5. The van der Waals surface area contributed by atoms with Crippen molar-refractivity contribution in [1.82, 2.24) is 9.97 Å². The van der Waals surface area contributed by atoms with Crippen molar-refractivity contribution < 1.29 is 4.39 Å². The van der Waals surface area contributed by atoms with E-state index in [0.29, 0.717) is 17.5 Å². The molecule has 7 heteroatoms. The van der Waals surface area contributed by atoms with E-state index in [1.165, 1.54) is 23.5 Å². The third kappa shape index (κ3) is 2.91. The molecule has 0 saturated carbocycles. The third-order valence-electron chi connectivity index (χ3n) is 2.84. The van der Waals surface area contributed by atoms with Crippen molar-refractivity contribution in [1.29, 1.82) is 0 Å². The number of benzene rings is 1. The molecular formula is C14H12ClFN4S. The summed E-state index contributed by atoms with van der Waals surface area (Å²) in [7, 11) is 0. The second-order valence-electron chi connectivity index (χ2n) is 4.32. The molecule has 2 heterocycles. The number of nitrogens with zero attached hydrogens (tertiary/aromatic N) is 2. The van der Waals surface area contributed by atoms with Gasteiger partial charge in [-0.3, -0.25) is 0 Å². The molecule has 0 fully saturated rings. The molecule has 0 spiro atoms. The SMILES string of the molecule is CCNc1nc(Nc2ccc(Cl)c(F)c2)c2ccsc2n1. The smallest absolute Gasteiger partial charge is 0.226 e. The molecule has 0 bridgehead atoms. The predicted molar refractivity (Wildman–Crippen MR) is 86.3 cm³/mol. The lowest BCUT2D eigenvalue weighted by Gasteiger charge is -2.09. The molecule has 0 unspecified atom stereocenters. The number of nitrogens with one attached hydrogen (secondary N) is 2. The monoisotopic (exact) mass is 322 g/mol. The van der Waals surface area contributed by atoms with Crippen molar-refractivity contribution in [2.45, 2.75) is 6.92 Å². The van der Waals surface area contributed by atoms with Crippen LogP contribution < -0.4 is 10.6 Å². The number of anilines is 3. The van der Waals surface area contributed by atoms with Gasteiger partial charge >= 0.3 is 0 Å². The van der Waals surface area contributed by atoms with Gasteiger partial charge in [0.1, 0.15) is 16.5 Å². The zero-order chi connectivity index (χ0) is 14.8. The predicted octanol–water partition coefficient (Wildman–Crippen LogP) is 4.66. The van der Waals surface area contributed by atoms with Gasteiger partial charge in [0.2, 0.25) is 5.95 Å². The second kappa shape index (κ2) is 5.83. The van der Waals surface area contributed by atoms with E-state index in [0.717, 1.165) is 16.8 Å². The number of thiophene rings is 1. The molecule has 0 amide bonds. The molecule has 108 valence electrons. The minimum absolute atomic E-state index is 0.0947. The van der Waals surface area contributed by atoms with Crippen molar-refractivity contribution in [3.05, 3.63) is 40.5 Å². The quantitative estimate of drug-likeness (QED) is 0.733. The summed E-state index contributed by atoms with van der Waals surface area (Å²) in [6, 6.07) is 6.50. The molecule has 21 heavy (non-hydrogen) atoms. The van der Waals surface area contributed by atoms with E-state index in [1.807, 2.05) is 18.4 Å². The molecule has 0 atom stereocenters. The van der Waals surface area contributed by atoms with Crippen LogP contribution in [0.2, 0.25) is 5.02 Å². The fourth-order valence-corrected chi connectivity index (χ4v) is 2.78. The van der Waals surface area contributed by atoms with Crippen LogP contribution >= 0.6 is 22.9 Å². The summed E-state index contributed by atoms with van der Waals surface area (Å²) in [5, 5.41) is 9.14. The molecule has 1 aromatic carbocycles. The molecule has 4 nitrogen and oxygen atoms in total. The zero-order valence-corrected chi connectivity index (χ0v) is 12.7. The molecule has 3 rings (SSSR count). The molecule has 0 saturated heterocycles. The molecule has 2 aromatic heterocycles.